The Morgan fingerprint density at radius 2 is 1.90 bits per heavy atom. The van der Waals surface area contributed by atoms with Crippen LogP contribution in [0.25, 0.3) is 5.95 Å². The summed E-state index contributed by atoms with van der Waals surface area (Å²) in [7, 11) is 0. The molecule has 1 atom stereocenters. The maximum atomic E-state index is 13.6. The molecule has 12 heteroatoms. The molecule has 0 aliphatic carbocycles. The number of benzene rings is 2. The molecule has 2 amide bonds. The van der Waals surface area contributed by atoms with Crippen molar-refractivity contribution < 1.29 is 23.8 Å². The lowest BCUT2D eigenvalue weighted by atomic mass is 10.1. The molecule has 0 bridgehead atoms. The summed E-state index contributed by atoms with van der Waals surface area (Å²) in [5.74, 6) is 2.48. The van der Waals surface area contributed by atoms with Crippen LogP contribution in [0.3, 0.4) is 0 Å². The summed E-state index contributed by atoms with van der Waals surface area (Å²) >= 11 is 0. The van der Waals surface area contributed by atoms with E-state index >= 15 is 0 Å². The van der Waals surface area contributed by atoms with Gasteiger partial charge in [-0.1, -0.05) is 24.3 Å². The molecule has 1 saturated heterocycles. The van der Waals surface area contributed by atoms with Crippen LogP contribution in [0, 0.1) is 0 Å². The summed E-state index contributed by atoms with van der Waals surface area (Å²) in [6, 6.07) is 15.7. The smallest absolute Gasteiger partial charge is 0.261 e. The van der Waals surface area contributed by atoms with Crippen LogP contribution >= 0.6 is 0 Å². The summed E-state index contributed by atoms with van der Waals surface area (Å²) in [6.07, 6.45) is 6.69. The lowest BCUT2D eigenvalue weighted by molar-refractivity contribution is -0.142. The van der Waals surface area contributed by atoms with Crippen molar-refractivity contribution in [2.24, 2.45) is 0 Å². The Bertz CT molecular complexity index is 1480. The number of carbonyl (C=O) groups excluding carboxylic acids is 2. The number of hydrogen-bond acceptors (Lipinski definition) is 9. The van der Waals surface area contributed by atoms with Gasteiger partial charge < -0.3 is 29.3 Å². The van der Waals surface area contributed by atoms with E-state index < -0.39 is 6.04 Å². The van der Waals surface area contributed by atoms with Crippen molar-refractivity contribution in [2.45, 2.75) is 12.6 Å². The Morgan fingerprint density at radius 1 is 1.02 bits per heavy atom. The summed E-state index contributed by atoms with van der Waals surface area (Å²) < 4.78 is 18.2. The van der Waals surface area contributed by atoms with Crippen molar-refractivity contribution in [1.29, 1.82) is 0 Å². The van der Waals surface area contributed by atoms with E-state index in [0.29, 0.717) is 42.1 Å². The molecule has 12 nitrogen and oxygen atoms in total. The number of carbonyl (C=O) groups is 2. The maximum absolute atomic E-state index is 13.6. The number of para-hydroxylation sites is 1. The second-order valence-electron chi connectivity index (χ2n) is 9.24. The first kappa shape index (κ1) is 25.2. The topological polar surface area (TPSA) is 124 Å². The van der Waals surface area contributed by atoms with Gasteiger partial charge in [-0.3, -0.25) is 14.2 Å². The predicted octanol–water partition coefficient (Wildman–Crippen LogP) is 1.80. The fourth-order valence-corrected chi connectivity index (χ4v) is 4.63. The standard InChI is InChI=1S/C28H27N7O5/c36-26(17-38-21-4-2-1-3-5-21)35-13-12-33(25-8-9-30-28(32-25)34-11-10-29-18-34)16-22(35)27(37)31-15-20-6-7-23-24(14-20)40-19-39-23/h1-11,14,18,22H,12-13,15-17,19H2,(H,31,37). The van der Waals surface area contributed by atoms with E-state index in [9.17, 15) is 9.59 Å². The number of piperazine rings is 1. The van der Waals surface area contributed by atoms with Gasteiger partial charge in [-0.15, -0.1) is 0 Å². The SMILES string of the molecule is O=C(NCc1ccc2c(c1)OCO2)C1CN(c2ccnc(-n3ccnc3)n2)CCN1C(=O)COc1ccccc1. The Balaban J connectivity index is 1.18. The second kappa shape index (κ2) is 11.3. The minimum absolute atomic E-state index is 0.172. The van der Waals surface area contributed by atoms with Crippen molar-refractivity contribution in [2.75, 3.05) is 37.9 Å². The molecular weight excluding hydrogens is 514 g/mol. The molecule has 40 heavy (non-hydrogen) atoms. The van der Waals surface area contributed by atoms with Gasteiger partial charge in [0.1, 0.15) is 23.9 Å². The van der Waals surface area contributed by atoms with E-state index in [4.69, 9.17) is 14.2 Å². The minimum atomic E-state index is -0.763. The first-order valence-corrected chi connectivity index (χ1v) is 12.8. The van der Waals surface area contributed by atoms with Crippen LogP contribution in [0.4, 0.5) is 5.82 Å². The van der Waals surface area contributed by atoms with Gasteiger partial charge in [0.25, 0.3) is 5.91 Å². The highest BCUT2D eigenvalue weighted by molar-refractivity contribution is 5.89. The Kier molecular flexibility index (Phi) is 7.12. The van der Waals surface area contributed by atoms with E-state index in [1.54, 1.807) is 52.6 Å². The summed E-state index contributed by atoms with van der Waals surface area (Å²) in [5.41, 5.74) is 0.858. The predicted molar refractivity (Wildman–Crippen MR) is 143 cm³/mol. The van der Waals surface area contributed by atoms with Crippen LogP contribution in [0.2, 0.25) is 0 Å². The number of ether oxygens (including phenoxy) is 3. The van der Waals surface area contributed by atoms with E-state index in [0.717, 1.165) is 5.56 Å². The molecule has 2 aromatic heterocycles. The lowest BCUT2D eigenvalue weighted by Gasteiger charge is -2.41. The zero-order valence-corrected chi connectivity index (χ0v) is 21.6. The molecule has 2 aliphatic heterocycles. The quantitative estimate of drug-likeness (QED) is 0.356. The summed E-state index contributed by atoms with van der Waals surface area (Å²) in [5, 5.41) is 2.98. The number of anilines is 1. The van der Waals surface area contributed by atoms with Crippen LogP contribution in [0.5, 0.6) is 17.2 Å². The largest absolute Gasteiger partial charge is 0.484 e. The average Bonchev–Trinajstić information content (AvgIpc) is 3.72. The van der Waals surface area contributed by atoms with E-state index in [1.807, 2.05) is 41.3 Å². The van der Waals surface area contributed by atoms with Crippen LogP contribution in [-0.2, 0) is 16.1 Å². The third kappa shape index (κ3) is 5.51. The molecule has 1 unspecified atom stereocenters. The Hall–Kier alpha value is -5.13. The van der Waals surface area contributed by atoms with Crippen molar-refractivity contribution in [3.63, 3.8) is 0 Å². The molecule has 2 aromatic carbocycles. The van der Waals surface area contributed by atoms with Crippen molar-refractivity contribution in [3.05, 3.63) is 85.1 Å². The maximum Gasteiger partial charge on any atom is 0.261 e. The van der Waals surface area contributed by atoms with Gasteiger partial charge in [-0.25, -0.2) is 9.97 Å². The highest BCUT2D eigenvalue weighted by atomic mass is 16.7. The molecule has 204 valence electrons. The number of hydrogen-bond donors (Lipinski definition) is 1. The zero-order chi connectivity index (χ0) is 27.3. The summed E-state index contributed by atoms with van der Waals surface area (Å²) in [4.78, 5) is 43.4. The van der Waals surface area contributed by atoms with Gasteiger partial charge in [0.05, 0.1) is 0 Å². The normalized spacial score (nSPS) is 16.1. The molecule has 4 aromatic rings. The minimum Gasteiger partial charge on any atom is -0.484 e. The molecule has 0 spiro atoms. The van der Waals surface area contributed by atoms with Crippen LogP contribution in [0.15, 0.2) is 79.5 Å². The van der Waals surface area contributed by atoms with Crippen LogP contribution in [-0.4, -0.2) is 75.3 Å². The molecular formula is C28H27N7O5. The van der Waals surface area contributed by atoms with Gasteiger partial charge in [0.2, 0.25) is 18.6 Å². The fraction of sp³-hybridized carbons (Fsp3) is 0.250. The van der Waals surface area contributed by atoms with E-state index in [2.05, 4.69) is 20.3 Å². The number of imidazole rings is 1. The first-order chi connectivity index (χ1) is 19.6. The molecule has 1 fully saturated rings. The fourth-order valence-electron chi connectivity index (χ4n) is 4.63. The van der Waals surface area contributed by atoms with E-state index in [1.165, 1.54) is 0 Å². The number of fused-ring (bicyclic) bond motifs is 1. The van der Waals surface area contributed by atoms with Crippen molar-refractivity contribution >= 4 is 17.6 Å². The number of amides is 2. The van der Waals surface area contributed by atoms with Crippen LogP contribution in [0.1, 0.15) is 5.56 Å². The summed E-state index contributed by atoms with van der Waals surface area (Å²) in [6.45, 7) is 1.34. The van der Waals surface area contributed by atoms with Crippen LogP contribution < -0.4 is 24.4 Å². The van der Waals surface area contributed by atoms with Gasteiger partial charge in [-0.2, -0.15) is 4.98 Å². The number of rotatable bonds is 8. The molecule has 2 aliphatic rings. The van der Waals surface area contributed by atoms with Gasteiger partial charge >= 0.3 is 0 Å². The van der Waals surface area contributed by atoms with Gasteiger partial charge in [0.15, 0.2) is 18.1 Å². The second-order valence-corrected chi connectivity index (χ2v) is 9.24. The lowest BCUT2D eigenvalue weighted by Crippen LogP contribution is -2.61. The average molecular weight is 542 g/mol. The zero-order valence-electron chi connectivity index (χ0n) is 21.6. The van der Waals surface area contributed by atoms with Crippen molar-refractivity contribution in [1.82, 2.24) is 29.7 Å². The third-order valence-electron chi connectivity index (χ3n) is 6.70. The van der Waals surface area contributed by atoms with Gasteiger partial charge in [0, 0.05) is 44.8 Å². The van der Waals surface area contributed by atoms with E-state index in [-0.39, 0.29) is 38.3 Å². The first-order valence-electron chi connectivity index (χ1n) is 12.8. The van der Waals surface area contributed by atoms with Gasteiger partial charge in [-0.05, 0) is 35.9 Å². The molecule has 1 N–H and O–H groups in total. The Morgan fingerprint density at radius 3 is 2.75 bits per heavy atom. The molecule has 6 rings (SSSR count). The highest BCUT2D eigenvalue weighted by Crippen LogP contribution is 2.32. The highest BCUT2D eigenvalue weighted by Gasteiger charge is 2.36. The monoisotopic (exact) mass is 541 g/mol. The number of aromatic nitrogens is 4. The number of nitrogens with one attached hydrogen (secondary N) is 1. The Labute approximate surface area is 230 Å². The van der Waals surface area contributed by atoms with Crippen molar-refractivity contribution in [3.8, 4) is 23.2 Å². The molecule has 0 saturated carbocycles. The molecule has 0 radical (unpaired) electrons. The third-order valence-corrected chi connectivity index (χ3v) is 6.70. The number of nitrogens with zero attached hydrogens (tertiary/aromatic N) is 6. The molecule has 4 heterocycles.